The number of carbonyl (C=O) groups is 1. The first-order valence-corrected chi connectivity index (χ1v) is 8.69. The van der Waals surface area contributed by atoms with Gasteiger partial charge in [0.2, 0.25) is 0 Å². The Morgan fingerprint density at radius 2 is 1.87 bits per heavy atom. The molecule has 0 bridgehead atoms. The number of hydrogen-bond acceptors (Lipinski definition) is 2. The van der Waals surface area contributed by atoms with E-state index in [1.165, 1.54) is 31.2 Å². The van der Waals surface area contributed by atoms with Crippen LogP contribution in [0.2, 0.25) is 0 Å². The van der Waals surface area contributed by atoms with E-state index in [2.05, 4.69) is 5.43 Å². The van der Waals surface area contributed by atoms with E-state index < -0.39 is 6.03 Å². The van der Waals surface area contributed by atoms with Crippen molar-refractivity contribution < 1.29 is 9.18 Å². The van der Waals surface area contributed by atoms with Gasteiger partial charge in [0.1, 0.15) is 5.82 Å². The van der Waals surface area contributed by atoms with Gasteiger partial charge in [-0.3, -0.25) is 5.43 Å². The molecule has 23 heavy (non-hydrogen) atoms. The molecule has 1 saturated carbocycles. The van der Waals surface area contributed by atoms with Gasteiger partial charge in [-0.15, -0.1) is 0 Å². The number of halogens is 1. The van der Waals surface area contributed by atoms with E-state index in [-0.39, 0.29) is 5.82 Å². The third-order valence-electron chi connectivity index (χ3n) is 5.43. The van der Waals surface area contributed by atoms with Crippen LogP contribution in [0, 0.1) is 17.7 Å². The summed E-state index contributed by atoms with van der Waals surface area (Å²) in [4.78, 5) is 11.1. The molecule has 1 saturated heterocycles. The number of urea groups is 1. The van der Waals surface area contributed by atoms with Gasteiger partial charge >= 0.3 is 6.03 Å². The lowest BCUT2D eigenvalue weighted by Crippen LogP contribution is -2.50. The quantitative estimate of drug-likeness (QED) is 0.895. The molecule has 1 heterocycles. The molecule has 1 aromatic carbocycles. The zero-order valence-corrected chi connectivity index (χ0v) is 13.5. The second-order valence-corrected chi connectivity index (χ2v) is 6.99. The number of nitrogens with two attached hydrogens (primary N) is 1. The van der Waals surface area contributed by atoms with E-state index in [9.17, 15) is 9.18 Å². The number of rotatable bonds is 4. The van der Waals surface area contributed by atoms with Gasteiger partial charge in [0.25, 0.3) is 0 Å². The molecular formula is C18H26FN3O. The highest BCUT2D eigenvalue weighted by Gasteiger charge is 2.34. The third-order valence-corrected chi connectivity index (χ3v) is 5.43. The molecule has 126 valence electrons. The molecular weight excluding hydrogens is 293 g/mol. The van der Waals surface area contributed by atoms with Crippen molar-refractivity contribution in [2.45, 2.75) is 51.0 Å². The molecule has 4 nitrogen and oxygen atoms in total. The summed E-state index contributed by atoms with van der Waals surface area (Å²) in [6.45, 7) is 0.906. The molecule has 0 aromatic heterocycles. The Hall–Kier alpha value is -1.62. The summed E-state index contributed by atoms with van der Waals surface area (Å²) >= 11 is 0. The van der Waals surface area contributed by atoms with Crippen LogP contribution in [0.5, 0.6) is 0 Å². The molecule has 3 N–H and O–H groups in total. The van der Waals surface area contributed by atoms with Crippen LogP contribution >= 0.6 is 0 Å². The molecule has 1 aliphatic heterocycles. The molecule has 1 aromatic rings. The number of primary amides is 1. The third kappa shape index (κ3) is 4.22. The van der Waals surface area contributed by atoms with Crippen LogP contribution in [-0.2, 0) is 6.42 Å². The summed E-state index contributed by atoms with van der Waals surface area (Å²) < 4.78 is 13.0. The number of amides is 2. The van der Waals surface area contributed by atoms with Crippen LogP contribution in [-0.4, -0.2) is 23.6 Å². The van der Waals surface area contributed by atoms with Crippen LogP contribution in [0.1, 0.15) is 44.1 Å². The zero-order chi connectivity index (χ0) is 16.2. The molecule has 2 aliphatic rings. The lowest BCUT2D eigenvalue weighted by atomic mass is 9.76. The first-order chi connectivity index (χ1) is 11.1. The Morgan fingerprint density at radius 3 is 2.52 bits per heavy atom. The van der Waals surface area contributed by atoms with Gasteiger partial charge in [0.05, 0.1) is 0 Å². The van der Waals surface area contributed by atoms with Crippen LogP contribution in [0.15, 0.2) is 24.3 Å². The van der Waals surface area contributed by atoms with E-state index >= 15 is 0 Å². The van der Waals surface area contributed by atoms with Crippen molar-refractivity contribution in [3.8, 4) is 0 Å². The van der Waals surface area contributed by atoms with E-state index in [1.54, 1.807) is 12.1 Å². The highest BCUT2D eigenvalue weighted by Crippen LogP contribution is 2.37. The average molecular weight is 319 g/mol. The summed E-state index contributed by atoms with van der Waals surface area (Å²) in [6.07, 6.45) is 8.14. The molecule has 2 fully saturated rings. The van der Waals surface area contributed by atoms with E-state index in [4.69, 9.17) is 5.73 Å². The number of carbonyl (C=O) groups excluding carboxylic acids is 1. The number of hydrazine groups is 1. The van der Waals surface area contributed by atoms with Gasteiger partial charge in [-0.25, -0.2) is 14.2 Å². The maximum absolute atomic E-state index is 13.0. The van der Waals surface area contributed by atoms with Crippen LogP contribution < -0.4 is 11.2 Å². The van der Waals surface area contributed by atoms with Crippen LogP contribution in [0.3, 0.4) is 0 Å². The monoisotopic (exact) mass is 319 g/mol. The van der Waals surface area contributed by atoms with Crippen molar-refractivity contribution >= 4 is 6.03 Å². The second kappa shape index (κ2) is 7.30. The number of benzene rings is 1. The predicted octanol–water partition coefficient (Wildman–Crippen LogP) is 3.22. The van der Waals surface area contributed by atoms with E-state index in [1.807, 2.05) is 17.1 Å². The number of nitrogens with zero attached hydrogens (tertiary/aromatic N) is 1. The fraction of sp³-hybridized carbons (Fsp3) is 0.611. The highest BCUT2D eigenvalue weighted by molar-refractivity contribution is 5.71. The van der Waals surface area contributed by atoms with Gasteiger partial charge in [-0.05, 0) is 74.5 Å². The molecule has 0 radical (unpaired) electrons. The normalized spacial score (nSPS) is 28.7. The fourth-order valence-electron chi connectivity index (χ4n) is 4.29. The molecule has 2 amide bonds. The zero-order valence-electron chi connectivity index (χ0n) is 13.5. The standard InChI is InChI=1S/C18H26FN3O/c19-16-9-5-14(6-10-16)12-13-3-7-15(8-4-13)17-2-1-11-22(17)21-18(20)23/h5-6,9-10,13,15,17H,1-4,7-8,11-12H2,(H3,20,21,23)/t13?,15?,17-/m1/s1. The van der Waals surface area contributed by atoms with Crippen molar-refractivity contribution in [2.75, 3.05) is 6.54 Å². The minimum absolute atomic E-state index is 0.166. The number of nitrogens with one attached hydrogen (secondary N) is 1. The Balaban J connectivity index is 1.50. The lowest BCUT2D eigenvalue weighted by molar-refractivity contribution is 0.105. The first kappa shape index (κ1) is 16.2. The Morgan fingerprint density at radius 1 is 1.17 bits per heavy atom. The van der Waals surface area contributed by atoms with Crippen LogP contribution in [0.4, 0.5) is 9.18 Å². The molecule has 3 rings (SSSR count). The number of hydrogen-bond donors (Lipinski definition) is 2. The Kier molecular flexibility index (Phi) is 5.16. The summed E-state index contributed by atoms with van der Waals surface area (Å²) in [5.74, 6) is 1.17. The largest absolute Gasteiger partial charge is 0.351 e. The summed E-state index contributed by atoms with van der Waals surface area (Å²) in [6, 6.07) is 6.88. The van der Waals surface area contributed by atoms with E-state index in [0.717, 1.165) is 25.8 Å². The molecule has 1 atom stereocenters. The van der Waals surface area contributed by atoms with Gasteiger partial charge in [-0.2, -0.15) is 0 Å². The van der Waals surface area contributed by atoms with Crippen molar-refractivity contribution in [1.29, 1.82) is 0 Å². The van der Waals surface area contributed by atoms with E-state index in [0.29, 0.717) is 17.9 Å². The second-order valence-electron chi connectivity index (χ2n) is 6.99. The summed E-state index contributed by atoms with van der Waals surface area (Å²) in [5, 5.41) is 2.05. The molecule has 0 spiro atoms. The summed E-state index contributed by atoms with van der Waals surface area (Å²) in [7, 11) is 0. The minimum atomic E-state index is -0.457. The maximum Gasteiger partial charge on any atom is 0.326 e. The SMILES string of the molecule is NC(=O)NN1CCC[C@@H]1C1CCC(Cc2ccc(F)cc2)CC1. The Labute approximate surface area is 137 Å². The Bertz CT molecular complexity index is 526. The van der Waals surface area contributed by atoms with Crippen LogP contribution in [0.25, 0.3) is 0 Å². The van der Waals surface area contributed by atoms with Crippen molar-refractivity contribution in [3.05, 3.63) is 35.6 Å². The van der Waals surface area contributed by atoms with Crippen molar-refractivity contribution in [2.24, 2.45) is 17.6 Å². The molecule has 0 unspecified atom stereocenters. The topological polar surface area (TPSA) is 58.4 Å². The van der Waals surface area contributed by atoms with Crippen molar-refractivity contribution in [1.82, 2.24) is 10.4 Å². The minimum Gasteiger partial charge on any atom is -0.351 e. The van der Waals surface area contributed by atoms with Gasteiger partial charge in [0, 0.05) is 12.6 Å². The van der Waals surface area contributed by atoms with Gasteiger partial charge < -0.3 is 5.73 Å². The first-order valence-electron chi connectivity index (χ1n) is 8.69. The lowest BCUT2D eigenvalue weighted by Gasteiger charge is -2.36. The molecule has 1 aliphatic carbocycles. The highest BCUT2D eigenvalue weighted by atomic mass is 19.1. The fourth-order valence-corrected chi connectivity index (χ4v) is 4.29. The van der Waals surface area contributed by atoms with Gasteiger partial charge in [0.15, 0.2) is 0 Å². The smallest absolute Gasteiger partial charge is 0.326 e. The average Bonchev–Trinajstić information content (AvgIpc) is 2.98. The predicted molar refractivity (Wildman–Crippen MR) is 88.0 cm³/mol. The van der Waals surface area contributed by atoms with Gasteiger partial charge in [-0.1, -0.05) is 12.1 Å². The van der Waals surface area contributed by atoms with Crippen molar-refractivity contribution in [3.63, 3.8) is 0 Å². The maximum atomic E-state index is 13.0. The molecule has 5 heteroatoms. The summed E-state index contributed by atoms with van der Waals surface area (Å²) in [5.41, 5.74) is 9.28.